The largest absolute Gasteiger partial charge is 0.337 e. The molecule has 2 heterocycles. The van der Waals surface area contributed by atoms with Crippen LogP contribution in [0.3, 0.4) is 0 Å². The summed E-state index contributed by atoms with van der Waals surface area (Å²) in [6.45, 7) is 1.37. The van der Waals surface area contributed by atoms with E-state index in [1.54, 1.807) is 4.90 Å². The number of pyridine rings is 1. The molecule has 0 radical (unpaired) electrons. The number of amides is 1. The third kappa shape index (κ3) is 4.89. The highest BCUT2D eigenvalue weighted by Gasteiger charge is 2.17. The lowest BCUT2D eigenvalue weighted by molar-refractivity contribution is -0.131. The van der Waals surface area contributed by atoms with Crippen molar-refractivity contribution in [3.8, 4) is 0 Å². The van der Waals surface area contributed by atoms with Gasteiger partial charge in [-0.15, -0.1) is 0 Å². The molecule has 0 saturated carbocycles. The molecule has 5 nitrogen and oxygen atoms in total. The average Bonchev–Trinajstić information content (AvgIpc) is 3.03. The van der Waals surface area contributed by atoms with Gasteiger partial charge in [0.05, 0.1) is 12.1 Å². The second-order valence-corrected chi connectivity index (χ2v) is 6.74. The van der Waals surface area contributed by atoms with Crippen LogP contribution in [0.2, 0.25) is 0 Å². The molecule has 0 atom stereocenters. The molecule has 27 heavy (non-hydrogen) atoms. The fourth-order valence-electron chi connectivity index (χ4n) is 2.81. The van der Waals surface area contributed by atoms with Crippen molar-refractivity contribution in [3.63, 3.8) is 0 Å². The summed E-state index contributed by atoms with van der Waals surface area (Å²) in [6, 6.07) is 9.38. The molecule has 142 valence electrons. The number of fused-ring (bicyclic) bond motifs is 1. The van der Waals surface area contributed by atoms with Gasteiger partial charge in [-0.05, 0) is 43.9 Å². The number of aromatic nitrogens is 2. The lowest BCUT2D eigenvalue weighted by Crippen LogP contribution is -2.37. The number of halogens is 2. The van der Waals surface area contributed by atoms with E-state index in [1.165, 1.54) is 6.07 Å². The molecule has 0 spiro atoms. The van der Waals surface area contributed by atoms with Crippen LogP contribution in [0, 0.1) is 11.6 Å². The molecule has 0 aliphatic rings. The molecule has 1 amide bonds. The quantitative estimate of drug-likeness (QED) is 0.640. The molecular weight excluding hydrogens is 350 g/mol. The minimum Gasteiger partial charge on any atom is -0.337 e. The van der Waals surface area contributed by atoms with E-state index < -0.39 is 11.6 Å². The number of carbonyl (C=O) groups is 1. The molecular formula is C20H22F2N4O. The van der Waals surface area contributed by atoms with Crippen LogP contribution in [-0.2, 0) is 17.8 Å². The van der Waals surface area contributed by atoms with Crippen molar-refractivity contribution in [3.05, 3.63) is 71.7 Å². The maximum atomic E-state index is 13.5. The molecule has 3 rings (SSSR count). The van der Waals surface area contributed by atoms with Crippen molar-refractivity contribution in [2.24, 2.45) is 0 Å². The van der Waals surface area contributed by atoms with Gasteiger partial charge < -0.3 is 14.2 Å². The number of hydrogen-bond donors (Lipinski definition) is 0. The predicted molar refractivity (Wildman–Crippen MR) is 99.2 cm³/mol. The third-order valence-electron chi connectivity index (χ3n) is 4.27. The van der Waals surface area contributed by atoms with Crippen molar-refractivity contribution in [1.82, 2.24) is 19.2 Å². The first-order valence-corrected chi connectivity index (χ1v) is 8.71. The van der Waals surface area contributed by atoms with E-state index in [0.717, 1.165) is 17.8 Å². The molecule has 0 saturated heterocycles. The summed E-state index contributed by atoms with van der Waals surface area (Å²) in [6.07, 6.45) is 3.86. The minimum atomic E-state index is -0.909. The molecule has 2 aromatic heterocycles. The van der Waals surface area contributed by atoms with Crippen molar-refractivity contribution >= 4 is 11.6 Å². The van der Waals surface area contributed by atoms with E-state index in [4.69, 9.17) is 0 Å². The van der Waals surface area contributed by atoms with Crippen LogP contribution in [0.25, 0.3) is 5.65 Å². The van der Waals surface area contributed by atoms with Crippen LogP contribution < -0.4 is 0 Å². The molecule has 7 heteroatoms. The fourth-order valence-corrected chi connectivity index (χ4v) is 2.81. The normalized spacial score (nSPS) is 11.3. The lowest BCUT2D eigenvalue weighted by atomic mass is 10.2. The van der Waals surface area contributed by atoms with E-state index in [1.807, 2.05) is 54.0 Å². The molecule has 1 aromatic carbocycles. The highest BCUT2D eigenvalue weighted by molar-refractivity contribution is 5.78. The third-order valence-corrected chi connectivity index (χ3v) is 4.27. The first-order valence-electron chi connectivity index (χ1n) is 8.71. The van der Waals surface area contributed by atoms with Crippen molar-refractivity contribution < 1.29 is 13.6 Å². The SMILES string of the molecule is CN(C)CCN(Cc1ccc(F)c(F)c1)C(=O)Cc1cn2ccccc2n1. The van der Waals surface area contributed by atoms with Gasteiger partial charge in [0.2, 0.25) is 5.91 Å². The number of rotatable bonds is 7. The summed E-state index contributed by atoms with van der Waals surface area (Å²) in [5.74, 6) is -1.91. The molecule has 0 aliphatic carbocycles. The van der Waals surface area contributed by atoms with E-state index in [2.05, 4.69) is 4.98 Å². The van der Waals surface area contributed by atoms with Gasteiger partial charge in [0.15, 0.2) is 11.6 Å². The number of carbonyl (C=O) groups excluding carboxylic acids is 1. The first kappa shape index (κ1) is 19.0. The Morgan fingerprint density at radius 2 is 1.93 bits per heavy atom. The predicted octanol–water partition coefficient (Wildman–Crippen LogP) is 2.75. The fraction of sp³-hybridized carbons (Fsp3) is 0.300. The van der Waals surface area contributed by atoms with Crippen LogP contribution in [0.15, 0.2) is 48.8 Å². The van der Waals surface area contributed by atoms with Gasteiger partial charge >= 0.3 is 0 Å². The zero-order chi connectivity index (χ0) is 19.4. The van der Waals surface area contributed by atoms with E-state index in [9.17, 15) is 13.6 Å². The summed E-state index contributed by atoms with van der Waals surface area (Å²) < 4.78 is 28.5. The summed E-state index contributed by atoms with van der Waals surface area (Å²) in [5.41, 5.74) is 2.00. The van der Waals surface area contributed by atoms with Gasteiger partial charge in [-0.2, -0.15) is 0 Å². The highest BCUT2D eigenvalue weighted by atomic mass is 19.2. The molecule has 0 unspecified atom stereocenters. The Balaban J connectivity index is 1.75. The van der Waals surface area contributed by atoms with Crippen LogP contribution in [0.4, 0.5) is 8.78 Å². The Hall–Kier alpha value is -2.80. The van der Waals surface area contributed by atoms with Crippen LogP contribution in [0.5, 0.6) is 0 Å². The molecule has 3 aromatic rings. The van der Waals surface area contributed by atoms with Crippen molar-refractivity contribution in [2.45, 2.75) is 13.0 Å². The average molecular weight is 372 g/mol. The van der Waals surface area contributed by atoms with E-state index in [-0.39, 0.29) is 18.9 Å². The zero-order valence-electron chi connectivity index (χ0n) is 15.4. The Bertz CT molecular complexity index is 906. The highest BCUT2D eigenvalue weighted by Crippen LogP contribution is 2.13. The Kier molecular flexibility index (Phi) is 5.81. The van der Waals surface area contributed by atoms with Gasteiger partial charge in [0.1, 0.15) is 5.65 Å². The topological polar surface area (TPSA) is 40.9 Å². The lowest BCUT2D eigenvalue weighted by Gasteiger charge is -2.24. The number of imidazole rings is 1. The minimum absolute atomic E-state index is 0.106. The number of nitrogens with zero attached hydrogens (tertiary/aromatic N) is 4. The molecule has 0 aliphatic heterocycles. The Morgan fingerprint density at radius 1 is 1.11 bits per heavy atom. The second-order valence-electron chi connectivity index (χ2n) is 6.74. The monoisotopic (exact) mass is 372 g/mol. The molecule has 0 fully saturated rings. The van der Waals surface area contributed by atoms with Gasteiger partial charge in [0.25, 0.3) is 0 Å². The first-order chi connectivity index (χ1) is 12.9. The Morgan fingerprint density at radius 3 is 2.63 bits per heavy atom. The van der Waals surface area contributed by atoms with Crippen LogP contribution in [0.1, 0.15) is 11.3 Å². The van der Waals surface area contributed by atoms with Gasteiger partial charge in [-0.3, -0.25) is 4.79 Å². The summed E-state index contributed by atoms with van der Waals surface area (Å²) in [4.78, 5) is 20.9. The van der Waals surface area contributed by atoms with Gasteiger partial charge in [-0.1, -0.05) is 12.1 Å². The smallest absolute Gasteiger partial charge is 0.228 e. The van der Waals surface area contributed by atoms with E-state index in [0.29, 0.717) is 24.3 Å². The number of hydrogen-bond acceptors (Lipinski definition) is 3. The Labute approximate surface area is 156 Å². The zero-order valence-corrected chi connectivity index (χ0v) is 15.4. The van der Waals surface area contributed by atoms with Gasteiger partial charge in [-0.25, -0.2) is 13.8 Å². The molecule has 0 N–H and O–H groups in total. The summed E-state index contributed by atoms with van der Waals surface area (Å²) in [5, 5.41) is 0. The summed E-state index contributed by atoms with van der Waals surface area (Å²) >= 11 is 0. The van der Waals surface area contributed by atoms with Gasteiger partial charge in [0, 0.05) is 32.0 Å². The maximum absolute atomic E-state index is 13.5. The van der Waals surface area contributed by atoms with Crippen molar-refractivity contribution in [1.29, 1.82) is 0 Å². The second kappa shape index (κ2) is 8.26. The number of benzene rings is 1. The summed E-state index contributed by atoms with van der Waals surface area (Å²) in [7, 11) is 3.84. The number of likely N-dealkylation sites (N-methyl/N-ethyl adjacent to an activating group) is 1. The van der Waals surface area contributed by atoms with Crippen molar-refractivity contribution in [2.75, 3.05) is 27.2 Å². The van der Waals surface area contributed by atoms with Crippen LogP contribution in [-0.4, -0.2) is 52.3 Å². The maximum Gasteiger partial charge on any atom is 0.228 e. The molecule has 0 bridgehead atoms. The van der Waals surface area contributed by atoms with Crippen LogP contribution >= 0.6 is 0 Å². The van der Waals surface area contributed by atoms with E-state index >= 15 is 0 Å². The standard InChI is InChI=1S/C20H22F2N4O/c1-24(2)9-10-26(13-15-6-7-17(21)18(22)11-15)20(27)12-16-14-25-8-4-3-5-19(25)23-16/h3-8,11,14H,9-10,12-13H2,1-2H3.